The molecule has 3 atom stereocenters. The Hall–Kier alpha value is -1.13. The van der Waals surface area contributed by atoms with Crippen molar-refractivity contribution in [1.82, 2.24) is 10.3 Å². The Labute approximate surface area is 107 Å². The number of hydrogen-bond donors (Lipinski definition) is 2. The third-order valence-corrected chi connectivity index (χ3v) is 3.95. The van der Waals surface area contributed by atoms with E-state index in [2.05, 4.69) is 16.4 Å². The van der Waals surface area contributed by atoms with Gasteiger partial charge in [-0.25, -0.2) is 0 Å². The topological polar surface area (TPSA) is 54.4 Å². The molecular formula is C14H20N2O2. The Kier molecular flexibility index (Phi) is 3.48. The standard InChI is InChI=1S/C14H20N2O2/c17-8-12-5-11(12)3-10-4-14(7-15-6-10)18-9-13-1-2-16-13/h4,6-7,11-13,16-17H,1-3,5,8-9H2/t11-,12+,13-/m0/s1. The van der Waals surface area contributed by atoms with E-state index in [0.29, 0.717) is 24.5 Å². The molecule has 1 saturated carbocycles. The molecule has 2 aliphatic rings. The fourth-order valence-electron chi connectivity index (χ4n) is 2.43. The molecule has 18 heavy (non-hydrogen) atoms. The van der Waals surface area contributed by atoms with Crippen LogP contribution in [0.25, 0.3) is 0 Å². The number of aliphatic hydroxyl groups excluding tert-OH is 1. The maximum atomic E-state index is 9.04. The van der Waals surface area contributed by atoms with E-state index in [1.165, 1.54) is 12.0 Å². The van der Waals surface area contributed by atoms with E-state index in [1.54, 1.807) is 6.20 Å². The summed E-state index contributed by atoms with van der Waals surface area (Å²) < 4.78 is 5.73. The molecule has 2 N–H and O–H groups in total. The Morgan fingerprint density at radius 1 is 1.39 bits per heavy atom. The summed E-state index contributed by atoms with van der Waals surface area (Å²) in [5, 5.41) is 12.4. The molecule has 98 valence electrons. The molecule has 1 aromatic rings. The van der Waals surface area contributed by atoms with Gasteiger partial charge in [0.25, 0.3) is 0 Å². The van der Waals surface area contributed by atoms with Gasteiger partial charge in [0.05, 0.1) is 6.20 Å². The number of hydrogen-bond acceptors (Lipinski definition) is 4. The van der Waals surface area contributed by atoms with Crippen LogP contribution in [-0.4, -0.2) is 35.9 Å². The van der Waals surface area contributed by atoms with Crippen LogP contribution in [0.4, 0.5) is 0 Å². The average molecular weight is 248 g/mol. The minimum absolute atomic E-state index is 0.321. The van der Waals surface area contributed by atoms with Gasteiger partial charge in [-0.2, -0.15) is 0 Å². The molecule has 2 fully saturated rings. The number of rotatable bonds is 6. The molecule has 1 aliphatic carbocycles. The van der Waals surface area contributed by atoms with Crippen LogP contribution in [0.2, 0.25) is 0 Å². The van der Waals surface area contributed by atoms with Crippen LogP contribution in [0, 0.1) is 11.8 Å². The van der Waals surface area contributed by atoms with Crippen molar-refractivity contribution in [1.29, 1.82) is 0 Å². The van der Waals surface area contributed by atoms with Gasteiger partial charge in [0.1, 0.15) is 12.4 Å². The van der Waals surface area contributed by atoms with Crippen molar-refractivity contribution in [3.05, 3.63) is 24.0 Å². The van der Waals surface area contributed by atoms with E-state index in [1.807, 2.05) is 6.20 Å². The summed E-state index contributed by atoms with van der Waals surface area (Å²) >= 11 is 0. The number of nitrogens with zero attached hydrogens (tertiary/aromatic N) is 1. The van der Waals surface area contributed by atoms with E-state index in [-0.39, 0.29) is 0 Å². The molecule has 0 amide bonds. The molecule has 0 spiro atoms. The zero-order chi connectivity index (χ0) is 12.4. The highest BCUT2D eigenvalue weighted by Crippen LogP contribution is 2.40. The lowest BCUT2D eigenvalue weighted by atomic mass is 10.1. The molecule has 2 heterocycles. The Morgan fingerprint density at radius 3 is 2.94 bits per heavy atom. The monoisotopic (exact) mass is 248 g/mol. The first-order valence-corrected chi connectivity index (χ1v) is 6.76. The van der Waals surface area contributed by atoms with Crippen LogP contribution in [0.3, 0.4) is 0 Å². The van der Waals surface area contributed by atoms with Gasteiger partial charge in [0, 0.05) is 18.8 Å². The second-order valence-electron chi connectivity index (χ2n) is 5.42. The molecule has 1 aromatic heterocycles. The van der Waals surface area contributed by atoms with Crippen LogP contribution in [0.15, 0.2) is 18.5 Å². The summed E-state index contributed by atoms with van der Waals surface area (Å²) in [5.41, 5.74) is 1.22. The number of ether oxygens (including phenoxy) is 1. The predicted octanol–water partition coefficient (Wildman–Crippen LogP) is 0.993. The maximum Gasteiger partial charge on any atom is 0.137 e. The first kappa shape index (κ1) is 11.9. The number of nitrogens with one attached hydrogen (secondary N) is 1. The van der Waals surface area contributed by atoms with Crippen LogP contribution in [-0.2, 0) is 6.42 Å². The highest BCUT2D eigenvalue weighted by molar-refractivity contribution is 5.24. The summed E-state index contributed by atoms with van der Waals surface area (Å²) in [6.45, 7) is 2.16. The van der Waals surface area contributed by atoms with Crippen molar-refractivity contribution in [3.8, 4) is 5.75 Å². The van der Waals surface area contributed by atoms with Crippen molar-refractivity contribution in [2.75, 3.05) is 19.8 Å². The van der Waals surface area contributed by atoms with Gasteiger partial charge in [0.15, 0.2) is 0 Å². The molecule has 1 saturated heterocycles. The number of pyridine rings is 1. The van der Waals surface area contributed by atoms with Gasteiger partial charge >= 0.3 is 0 Å². The highest BCUT2D eigenvalue weighted by atomic mass is 16.5. The highest BCUT2D eigenvalue weighted by Gasteiger charge is 2.36. The summed E-state index contributed by atoms with van der Waals surface area (Å²) in [6.07, 6.45) is 7.04. The summed E-state index contributed by atoms with van der Waals surface area (Å²) in [6, 6.07) is 2.59. The van der Waals surface area contributed by atoms with E-state index < -0.39 is 0 Å². The van der Waals surface area contributed by atoms with Crippen LogP contribution < -0.4 is 10.1 Å². The van der Waals surface area contributed by atoms with Gasteiger partial charge in [-0.3, -0.25) is 4.98 Å². The molecule has 0 aromatic carbocycles. The van der Waals surface area contributed by atoms with Crippen LogP contribution in [0.5, 0.6) is 5.75 Å². The number of aliphatic hydroxyl groups is 1. The quantitative estimate of drug-likeness (QED) is 0.788. The molecule has 4 heteroatoms. The first-order chi connectivity index (χ1) is 8.85. The van der Waals surface area contributed by atoms with Crippen molar-refractivity contribution in [2.45, 2.75) is 25.3 Å². The van der Waals surface area contributed by atoms with Gasteiger partial charge in [0.2, 0.25) is 0 Å². The lowest BCUT2D eigenvalue weighted by molar-refractivity contribution is 0.216. The minimum atomic E-state index is 0.321. The SMILES string of the molecule is OC[C@H]1C[C@@H]1Cc1cncc(OC[C@@H]2CCN2)c1. The Balaban J connectivity index is 1.51. The second-order valence-corrected chi connectivity index (χ2v) is 5.42. The molecule has 3 rings (SSSR count). The summed E-state index contributed by atoms with van der Waals surface area (Å²) in [5.74, 6) is 2.01. The third-order valence-electron chi connectivity index (χ3n) is 3.95. The largest absolute Gasteiger partial charge is 0.490 e. The van der Waals surface area contributed by atoms with Crippen molar-refractivity contribution >= 4 is 0 Å². The van der Waals surface area contributed by atoms with E-state index in [4.69, 9.17) is 9.84 Å². The first-order valence-electron chi connectivity index (χ1n) is 6.76. The second kappa shape index (κ2) is 5.24. The normalized spacial score (nSPS) is 29.7. The average Bonchev–Trinajstić information content (AvgIpc) is 3.06. The molecule has 1 aliphatic heterocycles. The minimum Gasteiger partial charge on any atom is -0.490 e. The van der Waals surface area contributed by atoms with Crippen molar-refractivity contribution < 1.29 is 9.84 Å². The number of aromatic nitrogens is 1. The zero-order valence-electron chi connectivity index (χ0n) is 10.5. The molecule has 4 nitrogen and oxygen atoms in total. The fourth-order valence-corrected chi connectivity index (χ4v) is 2.43. The smallest absolute Gasteiger partial charge is 0.137 e. The van der Waals surface area contributed by atoms with Gasteiger partial charge in [-0.15, -0.1) is 0 Å². The van der Waals surface area contributed by atoms with Gasteiger partial charge < -0.3 is 15.2 Å². The molecule has 0 unspecified atom stereocenters. The van der Waals surface area contributed by atoms with Gasteiger partial charge in [-0.1, -0.05) is 0 Å². The Bertz CT molecular complexity index is 407. The van der Waals surface area contributed by atoms with E-state index in [9.17, 15) is 0 Å². The molecule has 0 radical (unpaired) electrons. The van der Waals surface area contributed by atoms with E-state index in [0.717, 1.165) is 31.7 Å². The third kappa shape index (κ3) is 2.82. The molecule has 0 bridgehead atoms. The fraction of sp³-hybridized carbons (Fsp3) is 0.643. The molecular weight excluding hydrogens is 228 g/mol. The van der Waals surface area contributed by atoms with Crippen LogP contribution >= 0.6 is 0 Å². The summed E-state index contributed by atoms with van der Waals surface area (Å²) in [4.78, 5) is 4.23. The van der Waals surface area contributed by atoms with Crippen LogP contribution in [0.1, 0.15) is 18.4 Å². The Morgan fingerprint density at radius 2 is 2.28 bits per heavy atom. The predicted molar refractivity (Wildman–Crippen MR) is 68.5 cm³/mol. The van der Waals surface area contributed by atoms with E-state index >= 15 is 0 Å². The zero-order valence-corrected chi connectivity index (χ0v) is 10.5. The van der Waals surface area contributed by atoms with Crippen molar-refractivity contribution in [2.24, 2.45) is 11.8 Å². The van der Waals surface area contributed by atoms with Crippen molar-refractivity contribution in [3.63, 3.8) is 0 Å². The lowest BCUT2D eigenvalue weighted by Crippen LogP contribution is -2.46. The van der Waals surface area contributed by atoms with Gasteiger partial charge in [-0.05, 0) is 49.3 Å². The lowest BCUT2D eigenvalue weighted by Gasteiger charge is -2.27. The maximum absolute atomic E-state index is 9.04. The summed E-state index contributed by atoms with van der Waals surface area (Å²) in [7, 11) is 0.